The second kappa shape index (κ2) is 11.8. The molecule has 180 valence electrons. The van der Waals surface area contributed by atoms with Crippen LogP contribution in [0.3, 0.4) is 0 Å². The molecule has 0 unspecified atom stereocenters. The molecule has 35 heavy (non-hydrogen) atoms. The molecule has 0 aliphatic rings. The molecule has 0 atom stereocenters. The number of carbonyl (C=O) groups excluding carboxylic acids is 3. The predicted molar refractivity (Wildman–Crippen MR) is 128 cm³/mol. The van der Waals surface area contributed by atoms with Crippen LogP contribution in [0, 0.1) is 0 Å². The second-order valence-electron chi connectivity index (χ2n) is 6.88. The molecule has 0 aromatic heterocycles. The normalized spacial score (nSPS) is 10.4. The lowest BCUT2D eigenvalue weighted by atomic mass is 10.2. The van der Waals surface area contributed by atoms with Crippen molar-refractivity contribution in [3.8, 4) is 23.0 Å². The summed E-state index contributed by atoms with van der Waals surface area (Å²) in [4.78, 5) is 36.8. The molecule has 0 spiro atoms. The molecule has 0 heterocycles. The highest BCUT2D eigenvalue weighted by Crippen LogP contribution is 2.29. The third kappa shape index (κ3) is 6.57. The predicted octanol–water partition coefficient (Wildman–Crippen LogP) is 3.02. The fourth-order valence-corrected chi connectivity index (χ4v) is 2.93. The Morgan fingerprint density at radius 1 is 0.771 bits per heavy atom. The van der Waals surface area contributed by atoms with Gasteiger partial charge in [-0.25, -0.2) is 10.2 Å². The number of methoxy groups -OCH3 is 3. The number of hydrogen-bond donors (Lipinski definition) is 2. The van der Waals surface area contributed by atoms with Crippen LogP contribution >= 0.6 is 0 Å². The highest BCUT2D eigenvalue weighted by Gasteiger charge is 2.16. The van der Waals surface area contributed by atoms with Gasteiger partial charge in [-0.05, 0) is 42.0 Å². The minimum atomic E-state index is -0.988. The van der Waals surface area contributed by atoms with E-state index in [2.05, 4.69) is 15.8 Å². The SMILES string of the molecule is COc1ccc(NC(=O)C(=O)NN=Cc2cccc(OC(=O)c3ccccc3OC)c2)c(OC)c1. The summed E-state index contributed by atoms with van der Waals surface area (Å²) < 4.78 is 20.9. The van der Waals surface area contributed by atoms with Crippen LogP contribution in [-0.2, 0) is 9.59 Å². The number of amides is 2. The summed E-state index contributed by atoms with van der Waals surface area (Å²) in [5, 5.41) is 6.23. The smallest absolute Gasteiger partial charge is 0.347 e. The van der Waals surface area contributed by atoms with Gasteiger partial charge in [-0.15, -0.1) is 0 Å². The minimum Gasteiger partial charge on any atom is -0.497 e. The molecule has 0 aliphatic heterocycles. The van der Waals surface area contributed by atoms with Crippen LogP contribution in [0.1, 0.15) is 15.9 Å². The average molecular weight is 477 g/mol. The quantitative estimate of drug-likeness (QED) is 0.168. The van der Waals surface area contributed by atoms with Crippen molar-refractivity contribution in [3.63, 3.8) is 0 Å². The van der Waals surface area contributed by atoms with E-state index in [0.29, 0.717) is 28.5 Å². The molecule has 2 N–H and O–H groups in total. The summed E-state index contributed by atoms with van der Waals surface area (Å²) in [6, 6.07) is 17.9. The number of ether oxygens (including phenoxy) is 4. The van der Waals surface area contributed by atoms with Crippen molar-refractivity contribution >= 4 is 29.7 Å². The summed E-state index contributed by atoms with van der Waals surface area (Å²) >= 11 is 0. The van der Waals surface area contributed by atoms with Crippen LogP contribution in [0.25, 0.3) is 0 Å². The molecule has 0 aliphatic carbocycles. The zero-order chi connectivity index (χ0) is 25.2. The van der Waals surface area contributed by atoms with Crippen molar-refractivity contribution in [2.75, 3.05) is 26.6 Å². The second-order valence-corrected chi connectivity index (χ2v) is 6.88. The van der Waals surface area contributed by atoms with Crippen LogP contribution in [0.5, 0.6) is 23.0 Å². The van der Waals surface area contributed by atoms with Crippen molar-refractivity contribution in [2.45, 2.75) is 0 Å². The van der Waals surface area contributed by atoms with E-state index in [4.69, 9.17) is 18.9 Å². The summed E-state index contributed by atoms with van der Waals surface area (Å²) in [5.74, 6) is -0.999. The number of hydrazone groups is 1. The van der Waals surface area contributed by atoms with Crippen LogP contribution in [0.4, 0.5) is 5.69 Å². The van der Waals surface area contributed by atoms with Gasteiger partial charge in [0.1, 0.15) is 28.6 Å². The average Bonchev–Trinajstić information content (AvgIpc) is 2.88. The lowest BCUT2D eigenvalue weighted by Gasteiger charge is -2.10. The number of carbonyl (C=O) groups is 3. The van der Waals surface area contributed by atoms with E-state index in [9.17, 15) is 14.4 Å². The molecule has 0 saturated carbocycles. The summed E-state index contributed by atoms with van der Waals surface area (Å²) in [5.41, 5.74) is 3.23. The van der Waals surface area contributed by atoms with Gasteiger partial charge < -0.3 is 24.3 Å². The first-order chi connectivity index (χ1) is 16.9. The van der Waals surface area contributed by atoms with Crippen LogP contribution in [-0.4, -0.2) is 45.3 Å². The number of anilines is 1. The van der Waals surface area contributed by atoms with Gasteiger partial charge in [0.2, 0.25) is 0 Å². The van der Waals surface area contributed by atoms with Crippen molar-refractivity contribution in [3.05, 3.63) is 77.9 Å². The Kier molecular flexibility index (Phi) is 8.38. The Morgan fingerprint density at radius 3 is 2.29 bits per heavy atom. The fraction of sp³-hybridized carbons (Fsp3) is 0.120. The molecule has 3 aromatic rings. The maximum Gasteiger partial charge on any atom is 0.347 e. The number of rotatable bonds is 8. The monoisotopic (exact) mass is 477 g/mol. The lowest BCUT2D eigenvalue weighted by Crippen LogP contribution is -2.32. The van der Waals surface area contributed by atoms with Gasteiger partial charge in [0.25, 0.3) is 0 Å². The molecule has 3 rings (SSSR count). The van der Waals surface area contributed by atoms with E-state index in [0.717, 1.165) is 0 Å². The Balaban J connectivity index is 1.59. The fourth-order valence-electron chi connectivity index (χ4n) is 2.93. The number of hydrogen-bond acceptors (Lipinski definition) is 8. The summed E-state index contributed by atoms with van der Waals surface area (Å²) in [6.45, 7) is 0. The van der Waals surface area contributed by atoms with Gasteiger partial charge in [0, 0.05) is 6.07 Å². The molecule has 3 aromatic carbocycles. The first-order valence-electron chi connectivity index (χ1n) is 10.3. The molecule has 10 heteroatoms. The van der Waals surface area contributed by atoms with Gasteiger partial charge in [0.15, 0.2) is 0 Å². The molecule has 0 fully saturated rings. The van der Waals surface area contributed by atoms with Gasteiger partial charge >= 0.3 is 17.8 Å². The van der Waals surface area contributed by atoms with Crippen LogP contribution < -0.4 is 29.7 Å². The molecule has 2 amide bonds. The van der Waals surface area contributed by atoms with E-state index in [1.165, 1.54) is 27.5 Å². The number of nitrogens with zero attached hydrogens (tertiary/aromatic N) is 1. The lowest BCUT2D eigenvalue weighted by molar-refractivity contribution is -0.136. The van der Waals surface area contributed by atoms with Gasteiger partial charge in [-0.1, -0.05) is 24.3 Å². The van der Waals surface area contributed by atoms with Gasteiger partial charge in [-0.2, -0.15) is 5.10 Å². The third-order valence-corrected chi connectivity index (χ3v) is 4.64. The van der Waals surface area contributed by atoms with Crippen LogP contribution in [0.2, 0.25) is 0 Å². The van der Waals surface area contributed by atoms with E-state index in [-0.39, 0.29) is 11.3 Å². The Morgan fingerprint density at radius 2 is 1.54 bits per heavy atom. The minimum absolute atomic E-state index is 0.264. The molecular formula is C25H23N3O7. The van der Waals surface area contributed by atoms with Gasteiger partial charge in [0.05, 0.1) is 33.2 Å². The van der Waals surface area contributed by atoms with Crippen molar-refractivity contribution < 1.29 is 33.3 Å². The largest absolute Gasteiger partial charge is 0.497 e. The van der Waals surface area contributed by atoms with E-state index >= 15 is 0 Å². The van der Waals surface area contributed by atoms with E-state index in [1.54, 1.807) is 66.7 Å². The highest BCUT2D eigenvalue weighted by atomic mass is 16.5. The zero-order valence-electron chi connectivity index (χ0n) is 19.2. The molecule has 0 radical (unpaired) electrons. The van der Waals surface area contributed by atoms with Crippen molar-refractivity contribution in [2.24, 2.45) is 5.10 Å². The van der Waals surface area contributed by atoms with E-state index in [1.807, 2.05) is 0 Å². The van der Waals surface area contributed by atoms with E-state index < -0.39 is 17.8 Å². The Bertz CT molecular complexity index is 1260. The number of esters is 1. The van der Waals surface area contributed by atoms with Crippen molar-refractivity contribution in [1.82, 2.24) is 5.43 Å². The molecule has 0 bridgehead atoms. The first kappa shape index (κ1) is 24.8. The molecule has 10 nitrogen and oxygen atoms in total. The standard InChI is InChI=1S/C25H23N3O7/c1-32-17-11-12-20(22(14-17)34-3)27-23(29)24(30)28-26-15-16-7-6-8-18(13-16)35-25(31)19-9-4-5-10-21(19)33-2/h4-15H,1-3H3,(H,27,29)(H,28,30). The van der Waals surface area contributed by atoms with Crippen LogP contribution in [0.15, 0.2) is 71.8 Å². The first-order valence-corrected chi connectivity index (χ1v) is 10.3. The maximum atomic E-state index is 12.5. The number of benzene rings is 3. The topological polar surface area (TPSA) is 125 Å². The van der Waals surface area contributed by atoms with Gasteiger partial charge in [-0.3, -0.25) is 9.59 Å². The summed E-state index contributed by atoms with van der Waals surface area (Å²) in [6.07, 6.45) is 1.31. The third-order valence-electron chi connectivity index (χ3n) is 4.64. The Labute approximate surface area is 201 Å². The molecule has 0 saturated heterocycles. The zero-order valence-corrected chi connectivity index (χ0v) is 19.2. The molecular weight excluding hydrogens is 454 g/mol. The number of nitrogens with one attached hydrogen (secondary N) is 2. The summed E-state index contributed by atoms with van der Waals surface area (Å²) in [7, 11) is 4.39. The van der Waals surface area contributed by atoms with Crippen molar-refractivity contribution in [1.29, 1.82) is 0 Å². The number of para-hydroxylation sites is 1. The Hall–Kier alpha value is -4.86. The maximum absolute atomic E-state index is 12.5. The highest BCUT2D eigenvalue weighted by molar-refractivity contribution is 6.39.